The summed E-state index contributed by atoms with van der Waals surface area (Å²) in [6, 6.07) is 13.8. The highest BCUT2D eigenvalue weighted by Gasteiger charge is 2.17. The molecule has 0 saturated heterocycles. The molecule has 0 saturated carbocycles. The molecule has 1 heterocycles. The Labute approximate surface area is 193 Å². The first-order valence-electron chi connectivity index (χ1n) is 9.83. The van der Waals surface area contributed by atoms with Crippen molar-refractivity contribution in [3.63, 3.8) is 0 Å². The van der Waals surface area contributed by atoms with E-state index >= 15 is 0 Å². The Morgan fingerprint density at radius 2 is 1.55 bits per heavy atom. The summed E-state index contributed by atoms with van der Waals surface area (Å²) in [7, 11) is 2.93. The van der Waals surface area contributed by atoms with Crippen LogP contribution in [0.25, 0.3) is 11.3 Å². The van der Waals surface area contributed by atoms with Crippen LogP contribution in [0.3, 0.4) is 0 Å². The number of anilines is 1. The molecule has 1 aliphatic rings. The maximum absolute atomic E-state index is 7.57. The summed E-state index contributed by atoms with van der Waals surface area (Å²) in [5.74, 6) is 0.623. The third kappa shape index (κ3) is 6.72. The summed E-state index contributed by atoms with van der Waals surface area (Å²) < 4.78 is 10.2. The summed E-state index contributed by atoms with van der Waals surface area (Å²) in [4.78, 5) is 8.34. The van der Waals surface area contributed by atoms with E-state index in [0.717, 1.165) is 0 Å². The van der Waals surface area contributed by atoms with E-state index in [1.54, 1.807) is 36.2 Å². The molecule has 8 heteroatoms. The monoisotopic (exact) mass is 463 g/mol. The predicted molar refractivity (Wildman–Crippen MR) is 126 cm³/mol. The molecule has 0 aliphatic heterocycles. The molecule has 0 radical (unpaired) electrons. The third-order valence-electron chi connectivity index (χ3n) is 4.44. The number of ether oxygens (including phenoxy) is 2. The Morgan fingerprint density at radius 1 is 0.968 bits per heavy atom. The van der Waals surface area contributed by atoms with Crippen molar-refractivity contribution in [2.45, 2.75) is 26.2 Å². The lowest BCUT2D eigenvalue weighted by molar-refractivity contribution is 0.318. The van der Waals surface area contributed by atoms with Gasteiger partial charge in [0.2, 0.25) is 5.88 Å². The minimum absolute atomic E-state index is 0.146. The molecule has 1 aromatic heterocycles. The second-order valence-corrected chi connectivity index (χ2v) is 7.38. The second kappa shape index (κ2) is 12.3. The van der Waals surface area contributed by atoms with Gasteiger partial charge in [0.05, 0.1) is 19.2 Å². The van der Waals surface area contributed by atoms with E-state index in [9.17, 15) is 0 Å². The third-order valence-corrected chi connectivity index (χ3v) is 4.99. The van der Waals surface area contributed by atoms with Gasteiger partial charge in [0.15, 0.2) is 5.82 Å². The van der Waals surface area contributed by atoms with Gasteiger partial charge in [0.1, 0.15) is 5.69 Å². The van der Waals surface area contributed by atoms with Crippen molar-refractivity contribution in [2.24, 2.45) is 0 Å². The summed E-state index contributed by atoms with van der Waals surface area (Å²) in [5.41, 5.74) is 9.89. The number of aryl methyl sites for hydroxylation is 2. The number of aromatic nitrogens is 2. The van der Waals surface area contributed by atoms with E-state index < -0.39 is 0 Å². The van der Waals surface area contributed by atoms with Crippen LogP contribution in [0, 0.1) is 0 Å². The van der Waals surface area contributed by atoms with Crippen LogP contribution in [0.4, 0.5) is 5.82 Å². The number of aliphatic hydroxyl groups is 1. The van der Waals surface area contributed by atoms with Crippen LogP contribution in [-0.4, -0.2) is 35.9 Å². The van der Waals surface area contributed by atoms with E-state index in [-0.39, 0.29) is 24.2 Å². The molecule has 3 aromatic rings. The van der Waals surface area contributed by atoms with Crippen molar-refractivity contribution >= 4 is 29.0 Å². The summed E-state index contributed by atoms with van der Waals surface area (Å²) in [6.07, 6.45) is 3.96. The van der Waals surface area contributed by atoms with E-state index in [1.165, 1.54) is 33.5 Å². The molecule has 6 nitrogen and oxygen atoms in total. The Balaban J connectivity index is 0.000000234. The zero-order chi connectivity index (χ0) is 22.8. The average molecular weight is 464 g/mol. The lowest BCUT2D eigenvalue weighted by atomic mass is 10.1. The van der Waals surface area contributed by atoms with Gasteiger partial charge in [-0.2, -0.15) is 4.98 Å². The van der Waals surface area contributed by atoms with E-state index in [0.29, 0.717) is 21.3 Å². The number of rotatable bonds is 3. The van der Waals surface area contributed by atoms with Gasteiger partial charge in [-0.25, -0.2) is 4.98 Å². The molecular formula is C23H27Cl2N3O3. The van der Waals surface area contributed by atoms with Crippen molar-refractivity contribution < 1.29 is 14.6 Å². The standard InChI is InChI=1S/C12H11Cl2N3O2.C9H10.C2H6O/c1-18-11-9(16-12(19-2)10(15)17-11)7-4-3-6(13)5-8(7)14;1-2-5-9-7-3-6-8(9)4-1;1-2-3/h3-5H,1-2H3,(H2,15,17);1-2,4-5H,3,6-7H2;3H,2H2,1H3. The second-order valence-electron chi connectivity index (χ2n) is 6.54. The lowest BCUT2D eigenvalue weighted by Gasteiger charge is -2.11. The van der Waals surface area contributed by atoms with Crippen molar-refractivity contribution in [1.82, 2.24) is 9.97 Å². The first-order chi connectivity index (χ1) is 14.9. The quantitative estimate of drug-likeness (QED) is 0.552. The fraction of sp³-hybridized carbons (Fsp3) is 0.304. The number of hydrogen-bond donors (Lipinski definition) is 2. The Hall–Kier alpha value is -2.54. The Kier molecular flexibility index (Phi) is 9.85. The molecule has 3 N–H and O–H groups in total. The first-order valence-corrected chi connectivity index (χ1v) is 10.6. The van der Waals surface area contributed by atoms with Crippen molar-refractivity contribution in [3.8, 4) is 23.0 Å². The number of hydrogen-bond acceptors (Lipinski definition) is 6. The van der Waals surface area contributed by atoms with Gasteiger partial charge >= 0.3 is 0 Å². The molecule has 0 atom stereocenters. The molecule has 166 valence electrons. The minimum atomic E-state index is 0.146. The van der Waals surface area contributed by atoms with Crippen molar-refractivity contribution in [1.29, 1.82) is 0 Å². The SMILES string of the molecule is CCO.COc1nc(-c2ccc(Cl)cc2Cl)c(OC)nc1N.c1ccc2c(c1)CCC2. The maximum atomic E-state index is 7.57. The van der Waals surface area contributed by atoms with Gasteiger partial charge in [0.25, 0.3) is 5.88 Å². The zero-order valence-electron chi connectivity index (χ0n) is 17.9. The van der Waals surface area contributed by atoms with Gasteiger partial charge in [-0.1, -0.05) is 47.5 Å². The van der Waals surface area contributed by atoms with Gasteiger partial charge in [-0.3, -0.25) is 0 Å². The van der Waals surface area contributed by atoms with Crippen LogP contribution < -0.4 is 15.2 Å². The molecule has 0 fully saturated rings. The first kappa shape index (κ1) is 24.7. The summed E-state index contributed by atoms with van der Waals surface area (Å²) in [6.45, 7) is 1.93. The highest BCUT2D eigenvalue weighted by Crippen LogP contribution is 2.36. The van der Waals surface area contributed by atoms with Crippen LogP contribution in [0.15, 0.2) is 42.5 Å². The van der Waals surface area contributed by atoms with Crippen LogP contribution in [0.1, 0.15) is 24.5 Å². The molecule has 2 aromatic carbocycles. The van der Waals surface area contributed by atoms with Crippen LogP contribution in [0.5, 0.6) is 11.8 Å². The molecule has 0 bridgehead atoms. The highest BCUT2D eigenvalue weighted by molar-refractivity contribution is 6.36. The molecule has 0 spiro atoms. The van der Waals surface area contributed by atoms with E-state index in [2.05, 4.69) is 34.2 Å². The average Bonchev–Trinajstić information content (AvgIpc) is 3.24. The molecule has 0 unspecified atom stereocenters. The minimum Gasteiger partial charge on any atom is -0.479 e. The van der Waals surface area contributed by atoms with Crippen LogP contribution in [0.2, 0.25) is 10.0 Å². The lowest BCUT2D eigenvalue weighted by Crippen LogP contribution is -2.03. The number of aliphatic hydroxyl groups excluding tert-OH is 1. The normalized spacial score (nSPS) is 11.4. The summed E-state index contributed by atoms with van der Waals surface area (Å²) in [5, 5.41) is 8.54. The fourth-order valence-corrected chi connectivity index (χ4v) is 3.58. The largest absolute Gasteiger partial charge is 0.479 e. The van der Waals surface area contributed by atoms with Crippen molar-refractivity contribution in [3.05, 3.63) is 63.6 Å². The van der Waals surface area contributed by atoms with Crippen LogP contribution >= 0.6 is 23.2 Å². The molecule has 1 aliphatic carbocycles. The summed E-state index contributed by atoms with van der Waals surface area (Å²) >= 11 is 12.0. The Bertz CT molecular complexity index is 977. The number of methoxy groups -OCH3 is 2. The maximum Gasteiger partial charge on any atom is 0.257 e. The number of nitrogens with two attached hydrogens (primary N) is 1. The van der Waals surface area contributed by atoms with Gasteiger partial charge in [-0.15, -0.1) is 0 Å². The van der Waals surface area contributed by atoms with E-state index in [1.807, 2.05) is 0 Å². The highest BCUT2D eigenvalue weighted by atomic mass is 35.5. The topological polar surface area (TPSA) is 90.5 Å². The van der Waals surface area contributed by atoms with Gasteiger partial charge < -0.3 is 20.3 Å². The molecule has 31 heavy (non-hydrogen) atoms. The van der Waals surface area contributed by atoms with E-state index in [4.69, 9.17) is 43.5 Å². The Morgan fingerprint density at radius 3 is 2.06 bits per heavy atom. The number of halogens is 2. The number of nitrogens with zero attached hydrogens (tertiary/aromatic N) is 2. The van der Waals surface area contributed by atoms with Crippen LogP contribution in [-0.2, 0) is 12.8 Å². The van der Waals surface area contributed by atoms with Gasteiger partial charge in [0, 0.05) is 17.2 Å². The number of fused-ring (bicyclic) bond motifs is 1. The smallest absolute Gasteiger partial charge is 0.257 e. The number of benzene rings is 2. The number of nitrogen functional groups attached to an aromatic ring is 1. The fourth-order valence-electron chi connectivity index (χ4n) is 3.08. The molecule has 4 rings (SSSR count). The van der Waals surface area contributed by atoms with Crippen molar-refractivity contribution in [2.75, 3.05) is 26.6 Å². The zero-order valence-corrected chi connectivity index (χ0v) is 19.4. The molecule has 0 amide bonds. The van der Waals surface area contributed by atoms with Gasteiger partial charge in [-0.05, 0) is 55.5 Å². The predicted octanol–water partition coefficient (Wildman–Crippen LogP) is 5.22. The molecular weight excluding hydrogens is 437 g/mol.